The zero-order chi connectivity index (χ0) is 18.9. The highest BCUT2D eigenvalue weighted by atomic mass is 32.2. The van der Waals surface area contributed by atoms with Gasteiger partial charge in [-0.05, 0) is 31.0 Å². The fourth-order valence-electron chi connectivity index (χ4n) is 3.32. The number of benzene rings is 1. The molecule has 8 heteroatoms. The molecular weight excluding hydrogens is 354 g/mol. The van der Waals surface area contributed by atoms with Crippen molar-refractivity contribution in [2.24, 2.45) is 0 Å². The molecule has 0 radical (unpaired) electrons. The Bertz CT molecular complexity index is 987. The highest BCUT2D eigenvalue weighted by Crippen LogP contribution is 2.20. The first-order chi connectivity index (χ1) is 12.4. The number of likely N-dealkylation sites (tertiary alicyclic amines) is 1. The summed E-state index contributed by atoms with van der Waals surface area (Å²) in [4.78, 5) is 30.1. The van der Waals surface area contributed by atoms with Crippen molar-refractivity contribution < 1.29 is 13.2 Å². The lowest BCUT2D eigenvalue weighted by Gasteiger charge is -2.18. The summed E-state index contributed by atoms with van der Waals surface area (Å²) in [5.41, 5.74) is 0.121. The van der Waals surface area contributed by atoms with Crippen LogP contribution >= 0.6 is 0 Å². The Morgan fingerprint density at radius 1 is 1.19 bits per heavy atom. The number of carbonyl (C=O) groups is 1. The van der Waals surface area contributed by atoms with E-state index in [1.54, 1.807) is 24.8 Å². The van der Waals surface area contributed by atoms with Gasteiger partial charge in [-0.1, -0.05) is 13.8 Å². The lowest BCUT2D eigenvalue weighted by molar-refractivity contribution is 0.0791. The summed E-state index contributed by atoms with van der Waals surface area (Å²) >= 11 is 0. The van der Waals surface area contributed by atoms with Crippen LogP contribution in [0, 0.1) is 0 Å². The van der Waals surface area contributed by atoms with Crippen LogP contribution in [0.15, 0.2) is 34.1 Å². The Kier molecular flexibility index (Phi) is 5.15. The lowest BCUT2D eigenvalue weighted by atomic mass is 10.1. The summed E-state index contributed by atoms with van der Waals surface area (Å²) in [6, 6.07) is 4.41. The maximum atomic E-state index is 12.8. The van der Waals surface area contributed by atoms with Crippen LogP contribution in [0.1, 0.15) is 37.0 Å². The summed E-state index contributed by atoms with van der Waals surface area (Å²) in [6.07, 6.45) is 3.29. The smallest absolute Gasteiger partial charge is 0.259 e. The van der Waals surface area contributed by atoms with E-state index in [1.165, 1.54) is 22.6 Å². The molecule has 26 heavy (non-hydrogen) atoms. The third-order valence-corrected chi connectivity index (χ3v) is 6.87. The van der Waals surface area contributed by atoms with Gasteiger partial charge in [-0.2, -0.15) is 4.31 Å². The number of hydrogen-bond donors (Lipinski definition) is 1. The van der Waals surface area contributed by atoms with Gasteiger partial charge in [-0.3, -0.25) is 9.59 Å². The standard InChI is InChI=1S/C18H23N3O4S/c1-3-21(4-2)26(24,25)13-7-8-16-14(11-13)17(22)15(12-19-16)18(23)20-9-5-6-10-20/h7-8,11-12H,3-6,9-10H2,1-2H3,(H,19,22). The summed E-state index contributed by atoms with van der Waals surface area (Å²) in [6.45, 7) is 5.52. The monoisotopic (exact) mass is 377 g/mol. The molecule has 7 nitrogen and oxygen atoms in total. The molecule has 3 rings (SSSR count). The number of amides is 1. The quantitative estimate of drug-likeness (QED) is 0.860. The number of carbonyl (C=O) groups excluding carboxylic acids is 1. The van der Waals surface area contributed by atoms with Crippen LogP contribution in [0.2, 0.25) is 0 Å². The topological polar surface area (TPSA) is 90.6 Å². The van der Waals surface area contributed by atoms with Gasteiger partial charge in [0.05, 0.1) is 4.90 Å². The SMILES string of the molecule is CCN(CC)S(=O)(=O)c1ccc2[nH]cc(C(=O)N3CCCC3)c(=O)c2c1. The first-order valence-electron chi connectivity index (χ1n) is 8.85. The number of aromatic nitrogens is 1. The molecule has 0 saturated carbocycles. The van der Waals surface area contributed by atoms with Crippen LogP contribution in [-0.4, -0.2) is 54.7 Å². The predicted molar refractivity (Wildman–Crippen MR) is 99.8 cm³/mol. The molecule has 1 saturated heterocycles. The molecule has 140 valence electrons. The van der Waals surface area contributed by atoms with E-state index in [0.717, 1.165) is 12.8 Å². The molecule has 1 aromatic heterocycles. The zero-order valence-corrected chi connectivity index (χ0v) is 15.8. The molecule has 0 spiro atoms. The molecule has 2 heterocycles. The molecule has 0 bridgehead atoms. The van der Waals surface area contributed by atoms with E-state index in [0.29, 0.717) is 31.7 Å². The maximum Gasteiger partial charge on any atom is 0.259 e. The largest absolute Gasteiger partial charge is 0.360 e. The fraction of sp³-hybridized carbons (Fsp3) is 0.444. The van der Waals surface area contributed by atoms with Gasteiger partial charge in [0.1, 0.15) is 5.56 Å². The van der Waals surface area contributed by atoms with E-state index in [9.17, 15) is 18.0 Å². The van der Waals surface area contributed by atoms with E-state index in [1.807, 2.05) is 0 Å². The van der Waals surface area contributed by atoms with Crippen molar-refractivity contribution in [2.45, 2.75) is 31.6 Å². The number of pyridine rings is 1. The van der Waals surface area contributed by atoms with Crippen LogP contribution < -0.4 is 5.43 Å². The van der Waals surface area contributed by atoms with E-state index in [2.05, 4.69) is 4.98 Å². The van der Waals surface area contributed by atoms with Gasteiger partial charge in [-0.25, -0.2) is 8.42 Å². The van der Waals surface area contributed by atoms with Crippen molar-refractivity contribution in [1.82, 2.24) is 14.2 Å². The van der Waals surface area contributed by atoms with Gasteiger partial charge in [-0.15, -0.1) is 0 Å². The maximum absolute atomic E-state index is 12.8. The number of H-pyrrole nitrogens is 1. The second-order valence-corrected chi connectivity index (χ2v) is 8.27. The van der Waals surface area contributed by atoms with Gasteiger partial charge in [0.15, 0.2) is 0 Å². The summed E-state index contributed by atoms with van der Waals surface area (Å²) < 4.78 is 26.8. The number of rotatable bonds is 5. The van der Waals surface area contributed by atoms with Gasteiger partial charge in [0.2, 0.25) is 15.5 Å². The molecule has 1 fully saturated rings. The van der Waals surface area contributed by atoms with Gasteiger partial charge in [0.25, 0.3) is 5.91 Å². The Morgan fingerprint density at radius 3 is 2.46 bits per heavy atom. The molecule has 1 aliphatic heterocycles. The number of nitrogens with zero attached hydrogens (tertiary/aromatic N) is 2. The van der Waals surface area contributed by atoms with Gasteiger partial charge < -0.3 is 9.88 Å². The fourth-order valence-corrected chi connectivity index (χ4v) is 4.80. The zero-order valence-electron chi connectivity index (χ0n) is 15.0. The molecular formula is C18H23N3O4S. The van der Waals surface area contributed by atoms with Crippen LogP contribution in [0.5, 0.6) is 0 Å². The van der Waals surface area contributed by atoms with Crippen molar-refractivity contribution in [3.63, 3.8) is 0 Å². The Hall–Kier alpha value is -2.19. The van der Waals surface area contributed by atoms with E-state index < -0.39 is 15.5 Å². The summed E-state index contributed by atoms with van der Waals surface area (Å²) in [5.74, 6) is -0.303. The Balaban J connectivity index is 2.10. The number of nitrogens with one attached hydrogen (secondary N) is 1. The Labute approximate surface area is 152 Å². The van der Waals surface area contributed by atoms with Crippen molar-refractivity contribution in [2.75, 3.05) is 26.2 Å². The van der Waals surface area contributed by atoms with Crippen LogP contribution in [0.4, 0.5) is 0 Å². The van der Waals surface area contributed by atoms with E-state index >= 15 is 0 Å². The molecule has 0 aliphatic carbocycles. The third-order valence-electron chi connectivity index (χ3n) is 4.82. The van der Waals surface area contributed by atoms with Crippen molar-refractivity contribution in [3.05, 3.63) is 40.2 Å². The molecule has 0 atom stereocenters. The highest BCUT2D eigenvalue weighted by Gasteiger charge is 2.25. The van der Waals surface area contributed by atoms with Crippen LogP contribution in [0.3, 0.4) is 0 Å². The van der Waals surface area contributed by atoms with Gasteiger partial charge in [0, 0.05) is 43.3 Å². The predicted octanol–water partition coefficient (Wildman–Crippen LogP) is 1.79. The van der Waals surface area contributed by atoms with Crippen LogP contribution in [0.25, 0.3) is 10.9 Å². The van der Waals surface area contributed by atoms with Crippen LogP contribution in [-0.2, 0) is 10.0 Å². The minimum Gasteiger partial charge on any atom is -0.360 e. The number of fused-ring (bicyclic) bond motifs is 1. The minimum absolute atomic E-state index is 0.0526. The van der Waals surface area contributed by atoms with Gasteiger partial charge >= 0.3 is 0 Å². The molecule has 0 unspecified atom stereocenters. The summed E-state index contributed by atoms with van der Waals surface area (Å²) in [7, 11) is -3.67. The van der Waals surface area contributed by atoms with Crippen molar-refractivity contribution in [3.8, 4) is 0 Å². The molecule has 1 amide bonds. The normalized spacial score (nSPS) is 15.1. The van der Waals surface area contributed by atoms with Crippen molar-refractivity contribution in [1.29, 1.82) is 0 Å². The average molecular weight is 377 g/mol. The minimum atomic E-state index is -3.67. The van der Waals surface area contributed by atoms with E-state index in [4.69, 9.17) is 0 Å². The molecule has 2 aromatic rings. The summed E-state index contributed by atoms with van der Waals surface area (Å²) in [5, 5.41) is 0.211. The second kappa shape index (κ2) is 7.20. The third kappa shape index (κ3) is 3.14. The first-order valence-corrected chi connectivity index (χ1v) is 10.3. The lowest BCUT2D eigenvalue weighted by Crippen LogP contribution is -2.32. The average Bonchev–Trinajstić information content (AvgIpc) is 3.17. The first kappa shape index (κ1) is 18.6. The molecule has 1 aromatic carbocycles. The number of hydrogen-bond acceptors (Lipinski definition) is 4. The second-order valence-electron chi connectivity index (χ2n) is 6.33. The highest BCUT2D eigenvalue weighted by molar-refractivity contribution is 7.89. The number of aromatic amines is 1. The molecule has 1 aliphatic rings. The number of sulfonamides is 1. The Morgan fingerprint density at radius 2 is 1.85 bits per heavy atom. The molecule has 1 N–H and O–H groups in total. The van der Waals surface area contributed by atoms with E-state index in [-0.39, 0.29) is 21.8 Å². The van der Waals surface area contributed by atoms with Crippen molar-refractivity contribution >= 4 is 26.8 Å².